The fraction of sp³-hybridized carbons (Fsp3) is 0.333. The van der Waals surface area contributed by atoms with E-state index in [1.54, 1.807) is 12.1 Å². The van der Waals surface area contributed by atoms with Crippen LogP contribution in [0.4, 0.5) is 11.8 Å². The molecule has 1 rings (SSSR count). The summed E-state index contributed by atoms with van der Waals surface area (Å²) in [7, 11) is 3.80. The molecule has 0 saturated heterocycles. The Hall–Kier alpha value is -1.29. The Bertz CT molecular complexity index is 325. The van der Waals surface area contributed by atoms with Crippen molar-refractivity contribution in [1.82, 2.24) is 9.97 Å². The molecule has 0 aliphatic carbocycles. The molecular formula is C9H13ClN4. The van der Waals surface area contributed by atoms with Gasteiger partial charge in [0.15, 0.2) is 0 Å². The first-order chi connectivity index (χ1) is 6.63. The predicted molar refractivity (Wildman–Crippen MR) is 60.1 cm³/mol. The molecule has 1 heterocycles. The molecule has 0 atom stereocenters. The number of rotatable bonds is 4. The zero-order valence-electron chi connectivity index (χ0n) is 8.29. The SMILES string of the molecule is C=CCNc1nc(Cl)cc(N(C)C)n1. The standard InChI is InChI=1S/C9H13ClN4/c1-4-5-11-9-12-7(10)6-8(13-9)14(2)3/h4,6H,1,5H2,2-3H3,(H,11,12,13). The summed E-state index contributed by atoms with van der Waals surface area (Å²) in [5.74, 6) is 1.29. The lowest BCUT2D eigenvalue weighted by molar-refractivity contribution is 1.03. The van der Waals surface area contributed by atoms with Crippen molar-refractivity contribution in [2.75, 3.05) is 30.9 Å². The average Bonchev–Trinajstić information content (AvgIpc) is 2.14. The van der Waals surface area contributed by atoms with Gasteiger partial charge < -0.3 is 10.2 Å². The van der Waals surface area contributed by atoms with Crippen molar-refractivity contribution in [2.45, 2.75) is 0 Å². The van der Waals surface area contributed by atoms with Crippen LogP contribution in [-0.4, -0.2) is 30.6 Å². The minimum atomic E-state index is 0.426. The molecule has 5 heteroatoms. The van der Waals surface area contributed by atoms with Gasteiger partial charge in [-0.25, -0.2) is 4.98 Å². The molecule has 1 aromatic rings. The van der Waals surface area contributed by atoms with Gasteiger partial charge in [0.1, 0.15) is 11.0 Å². The van der Waals surface area contributed by atoms with Crippen LogP contribution in [0.15, 0.2) is 18.7 Å². The molecule has 0 amide bonds. The maximum atomic E-state index is 5.83. The summed E-state index contributed by atoms with van der Waals surface area (Å²) in [6.45, 7) is 4.21. The maximum Gasteiger partial charge on any atom is 0.226 e. The second kappa shape index (κ2) is 4.81. The van der Waals surface area contributed by atoms with Gasteiger partial charge in [0.2, 0.25) is 5.95 Å². The van der Waals surface area contributed by atoms with E-state index in [0.29, 0.717) is 17.6 Å². The topological polar surface area (TPSA) is 41.1 Å². The van der Waals surface area contributed by atoms with E-state index in [1.807, 2.05) is 19.0 Å². The van der Waals surface area contributed by atoms with Gasteiger partial charge in [-0.05, 0) is 0 Å². The van der Waals surface area contributed by atoms with Crippen LogP contribution in [-0.2, 0) is 0 Å². The molecule has 0 saturated carbocycles. The number of nitrogens with zero attached hydrogens (tertiary/aromatic N) is 3. The Balaban J connectivity index is 2.89. The highest BCUT2D eigenvalue weighted by Gasteiger charge is 2.03. The zero-order chi connectivity index (χ0) is 10.6. The van der Waals surface area contributed by atoms with Gasteiger partial charge in [-0.1, -0.05) is 17.7 Å². The van der Waals surface area contributed by atoms with Crippen LogP contribution in [0.1, 0.15) is 0 Å². The van der Waals surface area contributed by atoms with Crippen molar-refractivity contribution >= 4 is 23.4 Å². The van der Waals surface area contributed by atoms with E-state index >= 15 is 0 Å². The van der Waals surface area contributed by atoms with E-state index in [4.69, 9.17) is 11.6 Å². The highest BCUT2D eigenvalue weighted by atomic mass is 35.5. The van der Waals surface area contributed by atoms with E-state index in [9.17, 15) is 0 Å². The summed E-state index contributed by atoms with van der Waals surface area (Å²) < 4.78 is 0. The number of halogens is 1. The van der Waals surface area contributed by atoms with Crippen molar-refractivity contribution in [3.8, 4) is 0 Å². The van der Waals surface area contributed by atoms with Crippen LogP contribution >= 0.6 is 11.6 Å². The van der Waals surface area contributed by atoms with Gasteiger partial charge in [-0.3, -0.25) is 0 Å². The summed E-state index contributed by atoms with van der Waals surface area (Å²) in [5.41, 5.74) is 0. The lowest BCUT2D eigenvalue weighted by Gasteiger charge is -2.12. The third kappa shape index (κ3) is 2.88. The van der Waals surface area contributed by atoms with Crippen LogP contribution < -0.4 is 10.2 Å². The summed E-state index contributed by atoms with van der Waals surface area (Å²) in [5, 5.41) is 3.41. The summed E-state index contributed by atoms with van der Waals surface area (Å²) in [6, 6.07) is 1.71. The quantitative estimate of drug-likeness (QED) is 0.611. The molecule has 0 fully saturated rings. The first-order valence-corrected chi connectivity index (χ1v) is 4.58. The van der Waals surface area contributed by atoms with Gasteiger partial charge in [0, 0.05) is 26.7 Å². The van der Waals surface area contributed by atoms with Gasteiger partial charge in [-0.2, -0.15) is 4.98 Å². The number of hydrogen-bond donors (Lipinski definition) is 1. The number of hydrogen-bond acceptors (Lipinski definition) is 4. The van der Waals surface area contributed by atoms with E-state index in [2.05, 4.69) is 21.9 Å². The van der Waals surface area contributed by atoms with Crippen molar-refractivity contribution < 1.29 is 0 Å². The van der Waals surface area contributed by atoms with Crippen LogP contribution in [0.2, 0.25) is 5.15 Å². The van der Waals surface area contributed by atoms with E-state index in [1.165, 1.54) is 0 Å². The van der Waals surface area contributed by atoms with Crippen LogP contribution in [0, 0.1) is 0 Å². The highest BCUT2D eigenvalue weighted by molar-refractivity contribution is 6.29. The normalized spacial score (nSPS) is 9.64. The van der Waals surface area contributed by atoms with E-state index in [0.717, 1.165) is 5.82 Å². The van der Waals surface area contributed by atoms with E-state index in [-0.39, 0.29) is 0 Å². The fourth-order valence-electron chi connectivity index (χ4n) is 0.877. The molecule has 0 radical (unpaired) electrons. The fourth-order valence-corrected chi connectivity index (χ4v) is 1.06. The molecule has 0 aliphatic rings. The molecule has 76 valence electrons. The average molecular weight is 213 g/mol. The van der Waals surface area contributed by atoms with Crippen LogP contribution in [0.3, 0.4) is 0 Å². The predicted octanol–water partition coefficient (Wildman–Crippen LogP) is 1.79. The third-order valence-corrected chi connectivity index (χ3v) is 1.74. The Morgan fingerprint density at radius 1 is 1.57 bits per heavy atom. The maximum absolute atomic E-state index is 5.83. The Morgan fingerprint density at radius 3 is 2.86 bits per heavy atom. The smallest absolute Gasteiger partial charge is 0.226 e. The first-order valence-electron chi connectivity index (χ1n) is 4.20. The zero-order valence-corrected chi connectivity index (χ0v) is 9.04. The second-order valence-corrected chi connectivity index (χ2v) is 3.32. The molecule has 0 bridgehead atoms. The minimum Gasteiger partial charge on any atom is -0.363 e. The van der Waals surface area contributed by atoms with Crippen molar-refractivity contribution in [3.63, 3.8) is 0 Å². The summed E-state index contributed by atoms with van der Waals surface area (Å²) in [6.07, 6.45) is 1.74. The monoisotopic (exact) mass is 212 g/mol. The molecular weight excluding hydrogens is 200 g/mol. The summed E-state index contributed by atoms with van der Waals surface area (Å²) in [4.78, 5) is 10.1. The van der Waals surface area contributed by atoms with Gasteiger partial charge in [-0.15, -0.1) is 6.58 Å². The molecule has 0 aromatic carbocycles. The van der Waals surface area contributed by atoms with E-state index < -0.39 is 0 Å². The van der Waals surface area contributed by atoms with Crippen molar-refractivity contribution in [3.05, 3.63) is 23.9 Å². The molecule has 1 N–H and O–H groups in total. The number of nitrogens with one attached hydrogen (secondary N) is 1. The van der Waals surface area contributed by atoms with Gasteiger partial charge in [0.25, 0.3) is 0 Å². The molecule has 1 aromatic heterocycles. The van der Waals surface area contributed by atoms with Crippen LogP contribution in [0.5, 0.6) is 0 Å². The molecule has 0 unspecified atom stereocenters. The van der Waals surface area contributed by atoms with Gasteiger partial charge >= 0.3 is 0 Å². The highest BCUT2D eigenvalue weighted by Crippen LogP contribution is 2.15. The largest absolute Gasteiger partial charge is 0.363 e. The second-order valence-electron chi connectivity index (χ2n) is 2.94. The molecule has 0 aliphatic heterocycles. The summed E-state index contributed by atoms with van der Waals surface area (Å²) >= 11 is 5.83. The Labute approximate surface area is 88.6 Å². The minimum absolute atomic E-state index is 0.426. The van der Waals surface area contributed by atoms with Crippen molar-refractivity contribution in [2.24, 2.45) is 0 Å². The number of aromatic nitrogens is 2. The van der Waals surface area contributed by atoms with Crippen LogP contribution in [0.25, 0.3) is 0 Å². The Kier molecular flexibility index (Phi) is 3.71. The molecule has 0 spiro atoms. The number of anilines is 2. The first kappa shape index (κ1) is 10.8. The Morgan fingerprint density at radius 2 is 2.29 bits per heavy atom. The molecule has 4 nitrogen and oxygen atoms in total. The lowest BCUT2D eigenvalue weighted by Crippen LogP contribution is -2.13. The third-order valence-electron chi connectivity index (χ3n) is 1.54. The molecule has 14 heavy (non-hydrogen) atoms. The van der Waals surface area contributed by atoms with Crippen molar-refractivity contribution in [1.29, 1.82) is 0 Å². The van der Waals surface area contributed by atoms with Gasteiger partial charge in [0.05, 0.1) is 0 Å². The lowest BCUT2D eigenvalue weighted by atomic mass is 10.5.